The molecule has 0 aliphatic carbocycles. The molecule has 0 radical (unpaired) electrons. The van der Waals surface area contributed by atoms with E-state index in [9.17, 15) is 4.57 Å². The van der Waals surface area contributed by atoms with Crippen molar-refractivity contribution >= 4 is 29.1 Å². The molecule has 1 aliphatic heterocycles. The highest BCUT2D eigenvalue weighted by molar-refractivity contribution is 7.54. The summed E-state index contributed by atoms with van der Waals surface area (Å²) in [5, 5.41) is 4.37. The molecule has 1 heterocycles. The number of fused-ring (bicyclic) bond motifs is 7. The molecule has 27 heavy (non-hydrogen) atoms. The lowest BCUT2D eigenvalue weighted by Crippen LogP contribution is -2.03. The van der Waals surface area contributed by atoms with E-state index >= 15 is 0 Å². The fourth-order valence-electron chi connectivity index (χ4n) is 3.85. The summed E-state index contributed by atoms with van der Waals surface area (Å²) in [5.74, 6) is 1.25. The van der Waals surface area contributed by atoms with Crippen molar-refractivity contribution in [1.82, 2.24) is 0 Å². The molecule has 0 N–H and O–H groups in total. The Labute approximate surface area is 158 Å². The molecule has 0 saturated heterocycles. The Balaban J connectivity index is 1.95. The van der Waals surface area contributed by atoms with Crippen LogP contribution in [0.2, 0.25) is 0 Å². The molecule has 0 spiro atoms. The average molecular weight is 374 g/mol. The van der Waals surface area contributed by atoms with E-state index < -0.39 is 7.60 Å². The SMILES string of the molecule is CCCP1(=O)Oc2ccc3ccccc3c2-c2c(ccc3ccccc23)O1. The maximum atomic E-state index is 13.4. The van der Waals surface area contributed by atoms with Gasteiger partial charge in [-0.2, -0.15) is 0 Å². The molecule has 0 aromatic heterocycles. The smallest absolute Gasteiger partial charge is 0.415 e. The minimum absolute atomic E-state index is 0.380. The van der Waals surface area contributed by atoms with Crippen LogP contribution in [0.4, 0.5) is 0 Å². The molecule has 5 rings (SSSR count). The molecule has 134 valence electrons. The summed E-state index contributed by atoms with van der Waals surface area (Å²) in [7, 11) is -3.28. The highest BCUT2D eigenvalue weighted by Crippen LogP contribution is 2.58. The van der Waals surface area contributed by atoms with Crippen LogP contribution in [-0.2, 0) is 4.57 Å². The second-order valence-corrected chi connectivity index (χ2v) is 8.87. The van der Waals surface area contributed by atoms with Gasteiger partial charge in [0, 0.05) is 11.1 Å². The topological polar surface area (TPSA) is 35.5 Å². The quantitative estimate of drug-likeness (QED) is 0.353. The van der Waals surface area contributed by atoms with E-state index in [-0.39, 0.29) is 0 Å². The molecule has 1 aliphatic rings. The average Bonchev–Trinajstić information content (AvgIpc) is 2.81. The van der Waals surface area contributed by atoms with Gasteiger partial charge in [0.1, 0.15) is 11.5 Å². The van der Waals surface area contributed by atoms with Crippen molar-refractivity contribution < 1.29 is 13.6 Å². The van der Waals surface area contributed by atoms with Gasteiger partial charge >= 0.3 is 7.60 Å². The van der Waals surface area contributed by atoms with Gasteiger partial charge in [0.25, 0.3) is 0 Å². The minimum atomic E-state index is -3.28. The van der Waals surface area contributed by atoms with E-state index in [4.69, 9.17) is 9.05 Å². The first kappa shape index (κ1) is 16.4. The largest absolute Gasteiger partial charge is 0.430 e. The number of benzene rings is 4. The number of hydrogen-bond donors (Lipinski definition) is 0. The van der Waals surface area contributed by atoms with Crippen LogP contribution in [0.25, 0.3) is 32.7 Å². The molecular formula is C23H19O3P. The third-order valence-corrected chi connectivity index (χ3v) is 6.95. The van der Waals surface area contributed by atoms with Gasteiger partial charge in [0.2, 0.25) is 0 Å². The summed E-state index contributed by atoms with van der Waals surface area (Å²) in [6.07, 6.45) is 1.11. The zero-order chi connectivity index (χ0) is 18.4. The van der Waals surface area contributed by atoms with Crippen LogP contribution in [0.5, 0.6) is 11.5 Å². The second kappa shape index (κ2) is 6.14. The van der Waals surface area contributed by atoms with E-state index in [1.165, 1.54) is 0 Å². The molecule has 0 bridgehead atoms. The molecule has 3 nitrogen and oxygen atoms in total. The lowest BCUT2D eigenvalue weighted by Gasteiger charge is -2.17. The van der Waals surface area contributed by atoms with Crippen molar-refractivity contribution in [2.45, 2.75) is 13.3 Å². The van der Waals surface area contributed by atoms with Crippen molar-refractivity contribution in [3.8, 4) is 22.6 Å². The van der Waals surface area contributed by atoms with E-state index in [2.05, 4.69) is 24.3 Å². The minimum Gasteiger partial charge on any atom is -0.415 e. The Hall–Kier alpha value is -2.77. The zero-order valence-electron chi connectivity index (χ0n) is 15.0. The predicted molar refractivity (Wildman–Crippen MR) is 111 cm³/mol. The monoisotopic (exact) mass is 374 g/mol. The molecule has 0 saturated carbocycles. The van der Waals surface area contributed by atoms with Crippen molar-refractivity contribution in [1.29, 1.82) is 0 Å². The second-order valence-electron chi connectivity index (χ2n) is 6.84. The van der Waals surface area contributed by atoms with Gasteiger partial charge < -0.3 is 9.05 Å². The van der Waals surface area contributed by atoms with Gasteiger partial charge in [0.15, 0.2) is 0 Å². The van der Waals surface area contributed by atoms with Crippen LogP contribution in [0, 0.1) is 0 Å². The molecule has 4 aromatic carbocycles. The van der Waals surface area contributed by atoms with Gasteiger partial charge in [-0.25, -0.2) is 4.57 Å². The van der Waals surface area contributed by atoms with Crippen LogP contribution in [0.1, 0.15) is 13.3 Å². The molecular weight excluding hydrogens is 355 g/mol. The highest BCUT2D eigenvalue weighted by Gasteiger charge is 2.34. The van der Waals surface area contributed by atoms with E-state index in [1.807, 2.05) is 55.5 Å². The fourth-order valence-corrected chi connectivity index (χ4v) is 5.53. The number of rotatable bonds is 2. The van der Waals surface area contributed by atoms with Crippen LogP contribution >= 0.6 is 7.60 Å². The Morgan fingerprint density at radius 3 is 1.67 bits per heavy atom. The lowest BCUT2D eigenvalue weighted by atomic mass is 9.92. The molecule has 0 amide bonds. The van der Waals surface area contributed by atoms with Crippen molar-refractivity contribution in [3.05, 3.63) is 72.8 Å². The van der Waals surface area contributed by atoms with Gasteiger partial charge in [-0.3, -0.25) is 0 Å². The first-order valence-corrected chi connectivity index (χ1v) is 10.9. The number of hydrogen-bond acceptors (Lipinski definition) is 3. The van der Waals surface area contributed by atoms with E-state index in [0.717, 1.165) is 39.1 Å². The van der Waals surface area contributed by atoms with Crippen LogP contribution < -0.4 is 9.05 Å². The summed E-state index contributed by atoms with van der Waals surface area (Å²) in [5.41, 5.74) is 1.91. The van der Waals surface area contributed by atoms with E-state index in [0.29, 0.717) is 17.7 Å². The lowest BCUT2D eigenvalue weighted by molar-refractivity contribution is 0.390. The Bertz CT molecular complexity index is 1140. The van der Waals surface area contributed by atoms with Gasteiger partial charge in [-0.1, -0.05) is 67.6 Å². The summed E-state index contributed by atoms with van der Waals surface area (Å²) >= 11 is 0. The maximum Gasteiger partial charge on any atom is 0.430 e. The Morgan fingerprint density at radius 2 is 1.19 bits per heavy atom. The highest BCUT2D eigenvalue weighted by atomic mass is 31.2. The third-order valence-electron chi connectivity index (χ3n) is 5.00. The first-order valence-electron chi connectivity index (χ1n) is 9.21. The summed E-state index contributed by atoms with van der Waals surface area (Å²) < 4.78 is 25.5. The summed E-state index contributed by atoms with van der Waals surface area (Å²) in [4.78, 5) is 0. The van der Waals surface area contributed by atoms with Crippen LogP contribution in [0.15, 0.2) is 72.8 Å². The zero-order valence-corrected chi connectivity index (χ0v) is 15.9. The molecule has 0 atom stereocenters. The third kappa shape index (κ3) is 2.62. The van der Waals surface area contributed by atoms with Crippen molar-refractivity contribution in [3.63, 3.8) is 0 Å². The normalized spacial score (nSPS) is 14.7. The fraction of sp³-hybridized carbons (Fsp3) is 0.130. The molecule has 4 aromatic rings. The van der Waals surface area contributed by atoms with Crippen LogP contribution in [0.3, 0.4) is 0 Å². The van der Waals surface area contributed by atoms with E-state index in [1.54, 1.807) is 0 Å². The predicted octanol–water partition coefficient (Wildman–Crippen LogP) is 7.03. The Morgan fingerprint density at radius 1 is 0.704 bits per heavy atom. The molecule has 0 fully saturated rings. The van der Waals surface area contributed by atoms with Gasteiger partial charge in [-0.05, 0) is 40.1 Å². The summed E-state index contributed by atoms with van der Waals surface area (Å²) in [6.45, 7) is 1.99. The van der Waals surface area contributed by atoms with Gasteiger partial charge in [0.05, 0.1) is 6.16 Å². The van der Waals surface area contributed by atoms with Crippen LogP contribution in [-0.4, -0.2) is 6.16 Å². The standard InChI is InChI=1S/C23H19O3P/c1-2-15-27(24)25-20-13-11-16-7-3-5-9-18(16)22(20)23-19-10-6-4-8-17(19)12-14-21(23)26-27/h3-14H,2,15H2,1H3. The molecule has 0 unspecified atom stereocenters. The van der Waals surface area contributed by atoms with Crippen molar-refractivity contribution in [2.24, 2.45) is 0 Å². The maximum absolute atomic E-state index is 13.4. The van der Waals surface area contributed by atoms with Crippen molar-refractivity contribution in [2.75, 3.05) is 6.16 Å². The van der Waals surface area contributed by atoms with Gasteiger partial charge in [-0.15, -0.1) is 0 Å². The summed E-state index contributed by atoms with van der Waals surface area (Å²) in [6, 6.07) is 24.3. The molecule has 4 heteroatoms. The first-order chi connectivity index (χ1) is 13.2. The Kier molecular flexibility index (Phi) is 3.73.